The summed E-state index contributed by atoms with van der Waals surface area (Å²) in [6, 6.07) is 9.87. The molecule has 0 spiro atoms. The molecule has 5 heteroatoms. The first-order chi connectivity index (χ1) is 10.1. The van der Waals surface area contributed by atoms with Gasteiger partial charge in [-0.3, -0.25) is 4.79 Å². The molecule has 0 fully saturated rings. The summed E-state index contributed by atoms with van der Waals surface area (Å²) in [5, 5.41) is 0. The van der Waals surface area contributed by atoms with Crippen molar-refractivity contribution in [3.05, 3.63) is 64.7 Å². The summed E-state index contributed by atoms with van der Waals surface area (Å²) in [7, 11) is 0. The largest absolute Gasteiger partial charge is 0.396 e. The van der Waals surface area contributed by atoms with Crippen molar-refractivity contribution in [1.82, 2.24) is 4.90 Å². The molecule has 1 aliphatic rings. The summed E-state index contributed by atoms with van der Waals surface area (Å²) in [5.41, 5.74) is 6.79. The second-order valence-corrected chi connectivity index (χ2v) is 5.07. The minimum atomic E-state index is -0.987. The van der Waals surface area contributed by atoms with Crippen LogP contribution in [0.3, 0.4) is 0 Å². The van der Waals surface area contributed by atoms with Gasteiger partial charge in [0.05, 0.1) is 5.69 Å². The number of carbonyl (C=O) groups is 1. The number of anilines is 1. The van der Waals surface area contributed by atoms with Crippen molar-refractivity contribution in [2.45, 2.75) is 13.0 Å². The number of hydrogen-bond donors (Lipinski definition) is 1. The smallest absolute Gasteiger partial charge is 0.260 e. The molecule has 2 aromatic rings. The highest BCUT2D eigenvalue weighted by molar-refractivity contribution is 5.95. The van der Waals surface area contributed by atoms with Gasteiger partial charge in [0.25, 0.3) is 5.91 Å². The van der Waals surface area contributed by atoms with E-state index in [1.54, 1.807) is 0 Å². The maximum atomic E-state index is 14.0. The van der Waals surface area contributed by atoms with Gasteiger partial charge in [0.2, 0.25) is 0 Å². The zero-order valence-electron chi connectivity index (χ0n) is 11.3. The van der Waals surface area contributed by atoms with Gasteiger partial charge in [-0.25, -0.2) is 8.78 Å². The second kappa shape index (κ2) is 5.16. The minimum absolute atomic E-state index is 0.225. The van der Waals surface area contributed by atoms with Crippen LogP contribution in [-0.2, 0) is 13.0 Å². The summed E-state index contributed by atoms with van der Waals surface area (Å²) < 4.78 is 27.7. The van der Waals surface area contributed by atoms with Gasteiger partial charge in [-0.15, -0.1) is 0 Å². The van der Waals surface area contributed by atoms with Crippen molar-refractivity contribution in [3.8, 4) is 0 Å². The van der Waals surface area contributed by atoms with Crippen LogP contribution in [0.1, 0.15) is 21.5 Å². The molecule has 2 aromatic carbocycles. The molecule has 0 saturated carbocycles. The predicted molar refractivity (Wildman–Crippen MR) is 75.7 cm³/mol. The van der Waals surface area contributed by atoms with Crippen LogP contribution in [0.15, 0.2) is 36.4 Å². The molecule has 0 aliphatic carbocycles. The van der Waals surface area contributed by atoms with Crippen LogP contribution in [0, 0.1) is 11.6 Å². The van der Waals surface area contributed by atoms with Crippen molar-refractivity contribution < 1.29 is 13.6 Å². The van der Waals surface area contributed by atoms with E-state index in [2.05, 4.69) is 0 Å². The first kappa shape index (κ1) is 13.5. The van der Waals surface area contributed by atoms with E-state index in [0.29, 0.717) is 19.5 Å². The molecule has 1 amide bonds. The zero-order valence-corrected chi connectivity index (χ0v) is 11.3. The first-order valence-electron chi connectivity index (χ1n) is 6.67. The molecule has 0 atom stereocenters. The number of carbonyl (C=O) groups excluding carboxylic acids is 1. The van der Waals surface area contributed by atoms with Gasteiger partial charge in [-0.1, -0.05) is 24.3 Å². The molecule has 0 aromatic heterocycles. The number of benzene rings is 2. The Morgan fingerprint density at radius 2 is 1.81 bits per heavy atom. The lowest BCUT2D eigenvalue weighted by atomic mass is 9.99. The van der Waals surface area contributed by atoms with Gasteiger partial charge >= 0.3 is 0 Å². The van der Waals surface area contributed by atoms with Crippen LogP contribution in [0.2, 0.25) is 0 Å². The Balaban J connectivity index is 1.93. The number of nitrogens with two attached hydrogens (primary N) is 1. The lowest BCUT2D eigenvalue weighted by Crippen LogP contribution is -2.37. The highest BCUT2D eigenvalue weighted by Crippen LogP contribution is 2.24. The maximum absolute atomic E-state index is 14.0. The fourth-order valence-corrected chi connectivity index (χ4v) is 2.59. The normalized spacial score (nSPS) is 13.9. The van der Waals surface area contributed by atoms with Crippen LogP contribution < -0.4 is 5.73 Å². The number of fused-ring (bicyclic) bond motifs is 1. The molecule has 2 N–H and O–H groups in total. The van der Waals surface area contributed by atoms with Crippen LogP contribution in [0.25, 0.3) is 0 Å². The van der Waals surface area contributed by atoms with E-state index in [1.165, 1.54) is 4.90 Å². The van der Waals surface area contributed by atoms with Crippen LogP contribution in [0.4, 0.5) is 14.5 Å². The average Bonchev–Trinajstić information content (AvgIpc) is 2.51. The number of amides is 1. The van der Waals surface area contributed by atoms with E-state index in [0.717, 1.165) is 23.3 Å². The highest BCUT2D eigenvalue weighted by Gasteiger charge is 2.27. The molecule has 108 valence electrons. The van der Waals surface area contributed by atoms with Crippen molar-refractivity contribution in [2.24, 2.45) is 0 Å². The molecule has 1 heterocycles. The molecule has 3 nitrogen and oxygen atoms in total. The molecule has 3 rings (SSSR count). The van der Waals surface area contributed by atoms with Crippen molar-refractivity contribution >= 4 is 11.6 Å². The van der Waals surface area contributed by atoms with E-state index in [9.17, 15) is 13.6 Å². The Labute approximate surface area is 121 Å². The third kappa shape index (κ3) is 2.35. The average molecular weight is 288 g/mol. The fraction of sp³-hybridized carbons (Fsp3) is 0.188. The van der Waals surface area contributed by atoms with Gasteiger partial charge in [-0.05, 0) is 29.7 Å². The molecular weight excluding hydrogens is 274 g/mol. The standard InChI is InChI=1S/C16H14F2N2O/c17-12-5-6-13(19)15(18)14(12)16(21)20-8-7-10-3-1-2-4-11(10)9-20/h1-6H,7-9,19H2. The molecule has 0 radical (unpaired) electrons. The van der Waals surface area contributed by atoms with Gasteiger partial charge in [0.15, 0.2) is 5.82 Å². The summed E-state index contributed by atoms with van der Waals surface area (Å²) >= 11 is 0. The third-order valence-corrected chi connectivity index (χ3v) is 3.75. The maximum Gasteiger partial charge on any atom is 0.260 e. The van der Waals surface area contributed by atoms with E-state index >= 15 is 0 Å². The van der Waals surface area contributed by atoms with Crippen molar-refractivity contribution in [3.63, 3.8) is 0 Å². The van der Waals surface area contributed by atoms with E-state index < -0.39 is 23.1 Å². The minimum Gasteiger partial charge on any atom is -0.396 e. The van der Waals surface area contributed by atoms with Crippen molar-refractivity contribution in [1.29, 1.82) is 0 Å². The van der Waals surface area contributed by atoms with E-state index in [4.69, 9.17) is 5.73 Å². The predicted octanol–water partition coefficient (Wildman–Crippen LogP) is 2.75. The Morgan fingerprint density at radius 3 is 2.57 bits per heavy atom. The quantitative estimate of drug-likeness (QED) is 0.820. The number of nitrogens with zero attached hydrogens (tertiary/aromatic N) is 1. The lowest BCUT2D eigenvalue weighted by Gasteiger charge is -2.29. The lowest BCUT2D eigenvalue weighted by molar-refractivity contribution is 0.0725. The SMILES string of the molecule is Nc1ccc(F)c(C(=O)N2CCc3ccccc3C2)c1F. The molecule has 0 bridgehead atoms. The van der Waals surface area contributed by atoms with Gasteiger partial charge in [0.1, 0.15) is 11.4 Å². The van der Waals surface area contributed by atoms with Crippen LogP contribution >= 0.6 is 0 Å². The van der Waals surface area contributed by atoms with Crippen LogP contribution in [-0.4, -0.2) is 17.4 Å². The van der Waals surface area contributed by atoms with Gasteiger partial charge < -0.3 is 10.6 Å². The number of hydrogen-bond acceptors (Lipinski definition) is 2. The summed E-state index contributed by atoms with van der Waals surface area (Å²) in [4.78, 5) is 13.8. The zero-order chi connectivity index (χ0) is 15.0. The molecular formula is C16H14F2N2O. The summed E-state index contributed by atoms with van der Waals surface area (Å²) in [6.45, 7) is 0.784. The highest BCUT2D eigenvalue weighted by atomic mass is 19.1. The van der Waals surface area contributed by atoms with Gasteiger partial charge in [0, 0.05) is 13.1 Å². The second-order valence-electron chi connectivity index (χ2n) is 5.07. The first-order valence-corrected chi connectivity index (χ1v) is 6.67. The van der Waals surface area contributed by atoms with Crippen molar-refractivity contribution in [2.75, 3.05) is 12.3 Å². The molecule has 21 heavy (non-hydrogen) atoms. The van der Waals surface area contributed by atoms with Crippen LogP contribution in [0.5, 0.6) is 0 Å². The summed E-state index contributed by atoms with van der Waals surface area (Å²) in [5.74, 6) is -2.53. The molecule has 0 unspecified atom stereocenters. The third-order valence-electron chi connectivity index (χ3n) is 3.75. The van der Waals surface area contributed by atoms with E-state index in [-0.39, 0.29) is 5.69 Å². The molecule has 0 saturated heterocycles. The Kier molecular flexibility index (Phi) is 3.33. The molecule has 1 aliphatic heterocycles. The monoisotopic (exact) mass is 288 g/mol. The topological polar surface area (TPSA) is 46.3 Å². The fourth-order valence-electron chi connectivity index (χ4n) is 2.59. The number of halogens is 2. The number of rotatable bonds is 1. The Bertz CT molecular complexity index is 715. The Hall–Kier alpha value is -2.43. The Morgan fingerprint density at radius 1 is 1.10 bits per heavy atom. The van der Waals surface area contributed by atoms with Gasteiger partial charge in [-0.2, -0.15) is 0 Å². The van der Waals surface area contributed by atoms with E-state index in [1.807, 2.05) is 24.3 Å². The summed E-state index contributed by atoms with van der Waals surface area (Å²) in [6.07, 6.45) is 0.674. The number of nitrogen functional groups attached to an aromatic ring is 1.